The molecule has 29 heavy (non-hydrogen) atoms. The quantitative estimate of drug-likeness (QED) is 0.614. The van der Waals surface area contributed by atoms with Crippen molar-refractivity contribution in [1.29, 1.82) is 0 Å². The van der Waals surface area contributed by atoms with Crippen LogP contribution in [0.4, 0.5) is 5.69 Å². The van der Waals surface area contributed by atoms with Gasteiger partial charge in [-0.3, -0.25) is 9.69 Å². The molecule has 1 aliphatic rings. The lowest BCUT2D eigenvalue weighted by Gasteiger charge is -2.36. The van der Waals surface area contributed by atoms with Crippen LogP contribution in [-0.2, 0) is 6.54 Å². The van der Waals surface area contributed by atoms with Crippen LogP contribution in [0.1, 0.15) is 43.6 Å². The third kappa shape index (κ3) is 5.91. The minimum Gasteiger partial charge on any atom is -0.369 e. The van der Waals surface area contributed by atoms with E-state index < -0.39 is 0 Å². The molecule has 5 nitrogen and oxygen atoms in total. The van der Waals surface area contributed by atoms with Crippen molar-refractivity contribution < 1.29 is 4.79 Å². The van der Waals surface area contributed by atoms with Gasteiger partial charge in [-0.1, -0.05) is 51.1 Å². The zero-order chi connectivity index (χ0) is 20.9. The minimum atomic E-state index is -0.170. The highest BCUT2D eigenvalue weighted by Crippen LogP contribution is 2.17. The molecule has 2 aromatic rings. The first-order chi connectivity index (χ1) is 13.8. The standard InChI is InChI=1S/C24H32N4O/c1-19(24(2,3)4)25-26-23(29)21-12-10-20(11-13-21)18-27-14-16-28(17-15-27)22-8-6-5-7-9-22/h5-13H,14-18H2,1-4H3,(H,26,29). The highest BCUT2D eigenvalue weighted by molar-refractivity contribution is 5.95. The lowest BCUT2D eigenvalue weighted by Crippen LogP contribution is -2.45. The van der Waals surface area contributed by atoms with Crippen LogP contribution in [0.3, 0.4) is 0 Å². The lowest BCUT2D eigenvalue weighted by molar-refractivity contribution is 0.0954. The molecule has 0 saturated carbocycles. The van der Waals surface area contributed by atoms with E-state index in [-0.39, 0.29) is 11.3 Å². The summed E-state index contributed by atoms with van der Waals surface area (Å²) in [7, 11) is 0. The molecule has 1 amide bonds. The van der Waals surface area contributed by atoms with Crippen LogP contribution in [-0.4, -0.2) is 42.7 Å². The van der Waals surface area contributed by atoms with Gasteiger partial charge in [0.15, 0.2) is 0 Å². The molecule has 2 aromatic carbocycles. The third-order valence-electron chi connectivity index (χ3n) is 5.53. The fourth-order valence-electron chi connectivity index (χ4n) is 3.19. The molecule has 0 spiro atoms. The monoisotopic (exact) mass is 392 g/mol. The molecule has 1 N–H and O–H groups in total. The van der Waals surface area contributed by atoms with Crippen LogP contribution in [0, 0.1) is 5.41 Å². The number of amides is 1. The van der Waals surface area contributed by atoms with Gasteiger partial charge in [0.25, 0.3) is 5.91 Å². The number of benzene rings is 2. The Hall–Kier alpha value is -2.66. The number of carbonyl (C=O) groups excluding carboxylic acids is 1. The second kappa shape index (κ2) is 9.23. The molecule has 0 bridgehead atoms. The molecule has 1 saturated heterocycles. The molecule has 0 atom stereocenters. The molecule has 1 heterocycles. The summed E-state index contributed by atoms with van der Waals surface area (Å²) in [6.07, 6.45) is 0. The summed E-state index contributed by atoms with van der Waals surface area (Å²) in [5.41, 5.74) is 6.66. The fourth-order valence-corrected chi connectivity index (χ4v) is 3.19. The number of nitrogens with one attached hydrogen (secondary N) is 1. The first kappa shape index (κ1) is 21.1. The molecule has 0 radical (unpaired) electrons. The largest absolute Gasteiger partial charge is 0.369 e. The van der Waals surface area contributed by atoms with Crippen molar-refractivity contribution in [2.45, 2.75) is 34.2 Å². The average Bonchev–Trinajstić information content (AvgIpc) is 2.73. The van der Waals surface area contributed by atoms with Crippen LogP contribution < -0.4 is 10.3 Å². The Balaban J connectivity index is 1.50. The fraction of sp³-hybridized carbons (Fsp3) is 0.417. The van der Waals surface area contributed by atoms with Crippen LogP contribution >= 0.6 is 0 Å². The van der Waals surface area contributed by atoms with Crippen molar-refractivity contribution in [3.8, 4) is 0 Å². The molecule has 0 unspecified atom stereocenters. The van der Waals surface area contributed by atoms with E-state index in [0.717, 1.165) is 38.4 Å². The average molecular weight is 393 g/mol. The van der Waals surface area contributed by atoms with Crippen LogP contribution in [0.5, 0.6) is 0 Å². The summed E-state index contributed by atoms with van der Waals surface area (Å²) >= 11 is 0. The molecular formula is C24H32N4O. The molecule has 5 heteroatoms. The summed E-state index contributed by atoms with van der Waals surface area (Å²) in [4.78, 5) is 17.2. The molecule has 0 aromatic heterocycles. The number of hydrogen-bond donors (Lipinski definition) is 1. The smallest absolute Gasteiger partial charge is 0.271 e. The van der Waals surface area contributed by atoms with Crippen molar-refractivity contribution in [3.05, 3.63) is 65.7 Å². The van der Waals surface area contributed by atoms with E-state index in [1.165, 1.54) is 11.3 Å². The van der Waals surface area contributed by atoms with Crippen molar-refractivity contribution in [1.82, 2.24) is 10.3 Å². The molecule has 1 fully saturated rings. The number of carbonyl (C=O) groups is 1. The van der Waals surface area contributed by atoms with Gasteiger partial charge in [-0.15, -0.1) is 0 Å². The van der Waals surface area contributed by atoms with Gasteiger partial charge < -0.3 is 4.90 Å². The van der Waals surface area contributed by atoms with Crippen LogP contribution in [0.25, 0.3) is 0 Å². The number of rotatable bonds is 5. The Labute approximate surface area is 174 Å². The first-order valence-electron chi connectivity index (χ1n) is 10.3. The van der Waals surface area contributed by atoms with Crippen molar-refractivity contribution >= 4 is 17.3 Å². The lowest BCUT2D eigenvalue weighted by atomic mass is 9.91. The van der Waals surface area contributed by atoms with Crippen molar-refractivity contribution in [2.24, 2.45) is 10.5 Å². The van der Waals surface area contributed by atoms with Gasteiger partial charge in [0.1, 0.15) is 0 Å². The maximum atomic E-state index is 12.3. The highest BCUT2D eigenvalue weighted by Gasteiger charge is 2.18. The Morgan fingerprint density at radius 1 is 0.966 bits per heavy atom. The number of hydrazone groups is 1. The number of para-hydroxylation sites is 1. The van der Waals surface area contributed by atoms with Gasteiger partial charge in [-0.25, -0.2) is 5.43 Å². The van der Waals surface area contributed by atoms with Crippen LogP contribution in [0.15, 0.2) is 59.7 Å². The maximum Gasteiger partial charge on any atom is 0.271 e. The van der Waals surface area contributed by atoms with E-state index in [1.54, 1.807) is 0 Å². The van der Waals surface area contributed by atoms with E-state index in [4.69, 9.17) is 0 Å². The normalized spacial score (nSPS) is 16.0. The van der Waals surface area contributed by atoms with E-state index in [9.17, 15) is 4.79 Å². The molecule has 0 aliphatic carbocycles. The predicted molar refractivity (Wildman–Crippen MR) is 120 cm³/mol. The molecule has 1 aliphatic heterocycles. The Morgan fingerprint density at radius 2 is 1.59 bits per heavy atom. The first-order valence-corrected chi connectivity index (χ1v) is 10.3. The second-order valence-corrected chi connectivity index (χ2v) is 8.68. The number of hydrogen-bond acceptors (Lipinski definition) is 4. The molecular weight excluding hydrogens is 360 g/mol. The van der Waals surface area contributed by atoms with E-state index in [2.05, 4.69) is 71.4 Å². The van der Waals surface area contributed by atoms with Gasteiger partial charge in [-0.2, -0.15) is 5.10 Å². The van der Waals surface area contributed by atoms with Gasteiger partial charge in [0.05, 0.1) is 0 Å². The predicted octanol–water partition coefficient (Wildman–Crippen LogP) is 4.16. The summed E-state index contributed by atoms with van der Waals surface area (Å²) in [6.45, 7) is 13.2. The minimum absolute atomic E-state index is 0.0539. The number of nitrogens with zero attached hydrogens (tertiary/aromatic N) is 3. The summed E-state index contributed by atoms with van der Waals surface area (Å²) in [5, 5.41) is 4.22. The van der Waals surface area contributed by atoms with E-state index in [1.807, 2.05) is 31.2 Å². The number of piperazine rings is 1. The third-order valence-corrected chi connectivity index (χ3v) is 5.53. The summed E-state index contributed by atoms with van der Waals surface area (Å²) in [6, 6.07) is 18.4. The van der Waals surface area contributed by atoms with Crippen molar-refractivity contribution in [2.75, 3.05) is 31.1 Å². The highest BCUT2D eigenvalue weighted by atomic mass is 16.2. The second-order valence-electron chi connectivity index (χ2n) is 8.68. The van der Waals surface area contributed by atoms with E-state index in [0.29, 0.717) is 5.56 Å². The van der Waals surface area contributed by atoms with Gasteiger partial charge >= 0.3 is 0 Å². The zero-order valence-corrected chi connectivity index (χ0v) is 18.0. The van der Waals surface area contributed by atoms with Gasteiger partial charge in [-0.05, 0) is 36.8 Å². The SMILES string of the molecule is CC(=NNC(=O)c1ccc(CN2CCN(c3ccccc3)CC2)cc1)C(C)(C)C. The van der Waals surface area contributed by atoms with Gasteiger partial charge in [0, 0.05) is 55.1 Å². The Morgan fingerprint density at radius 3 is 2.17 bits per heavy atom. The van der Waals surface area contributed by atoms with Crippen LogP contribution in [0.2, 0.25) is 0 Å². The van der Waals surface area contributed by atoms with Crippen molar-refractivity contribution in [3.63, 3.8) is 0 Å². The number of anilines is 1. The topological polar surface area (TPSA) is 47.9 Å². The Bertz CT molecular complexity index is 829. The summed E-state index contributed by atoms with van der Waals surface area (Å²) in [5.74, 6) is -0.170. The summed E-state index contributed by atoms with van der Waals surface area (Å²) < 4.78 is 0. The Kier molecular flexibility index (Phi) is 6.70. The molecule has 154 valence electrons. The zero-order valence-electron chi connectivity index (χ0n) is 18.0. The maximum absolute atomic E-state index is 12.3. The van der Waals surface area contributed by atoms with E-state index >= 15 is 0 Å². The van der Waals surface area contributed by atoms with Gasteiger partial charge in [0.2, 0.25) is 0 Å². The molecule has 3 rings (SSSR count).